The Hall–Kier alpha value is -2.09. The summed E-state index contributed by atoms with van der Waals surface area (Å²) in [5.41, 5.74) is 3.07. The Morgan fingerprint density at radius 1 is 1.18 bits per heavy atom. The third-order valence-corrected chi connectivity index (χ3v) is 3.10. The maximum absolute atomic E-state index is 11.7. The number of hydrogen-bond donors (Lipinski definition) is 1. The van der Waals surface area contributed by atoms with Crippen molar-refractivity contribution in [3.05, 3.63) is 71.3 Å². The number of amides is 1. The Labute approximate surface area is 100 Å². The average Bonchev–Trinajstić information content (AvgIpc) is 2.69. The summed E-state index contributed by atoms with van der Waals surface area (Å²) in [6.45, 7) is 0. The third kappa shape index (κ3) is 1.82. The van der Waals surface area contributed by atoms with Crippen molar-refractivity contribution in [2.24, 2.45) is 0 Å². The summed E-state index contributed by atoms with van der Waals surface area (Å²) in [6.07, 6.45) is 0.831. The van der Waals surface area contributed by atoms with Crippen LogP contribution in [0.15, 0.2) is 48.5 Å². The van der Waals surface area contributed by atoms with Crippen molar-refractivity contribution in [3.63, 3.8) is 0 Å². The first-order valence-electron chi connectivity index (χ1n) is 5.69. The Kier molecular flexibility index (Phi) is 2.41. The number of fused-ring (bicyclic) bond motifs is 1. The van der Waals surface area contributed by atoms with E-state index < -0.39 is 0 Å². The molecule has 17 heavy (non-hydrogen) atoms. The number of carbonyl (C=O) groups is 1. The second-order valence-electron chi connectivity index (χ2n) is 4.23. The first kappa shape index (κ1) is 10.1. The summed E-state index contributed by atoms with van der Waals surface area (Å²) in [7, 11) is 0. The van der Waals surface area contributed by atoms with Gasteiger partial charge in [0.15, 0.2) is 0 Å². The molecule has 2 aromatic rings. The molecule has 0 fully saturated rings. The van der Waals surface area contributed by atoms with Crippen LogP contribution in [0.1, 0.15) is 27.5 Å². The van der Waals surface area contributed by atoms with Gasteiger partial charge in [-0.15, -0.1) is 0 Å². The zero-order valence-electron chi connectivity index (χ0n) is 9.31. The number of hydrogen-bond acceptors (Lipinski definition) is 1. The van der Waals surface area contributed by atoms with E-state index in [9.17, 15) is 4.79 Å². The molecule has 1 unspecified atom stereocenters. The normalized spacial score (nSPS) is 17.6. The van der Waals surface area contributed by atoms with Crippen molar-refractivity contribution in [1.82, 2.24) is 5.32 Å². The van der Waals surface area contributed by atoms with Crippen molar-refractivity contribution in [2.75, 3.05) is 0 Å². The molecule has 0 spiro atoms. The predicted molar refractivity (Wildman–Crippen MR) is 65.6 cm³/mol. The number of nitrogens with one attached hydrogen (secondary N) is 1. The molecule has 2 nitrogen and oxygen atoms in total. The third-order valence-electron chi connectivity index (χ3n) is 3.10. The highest BCUT2D eigenvalue weighted by Gasteiger charge is 2.27. The molecular weight excluding hydrogens is 210 g/mol. The second-order valence-corrected chi connectivity index (χ2v) is 4.23. The van der Waals surface area contributed by atoms with Crippen LogP contribution in [0.3, 0.4) is 0 Å². The van der Waals surface area contributed by atoms with Gasteiger partial charge in [0, 0.05) is 5.56 Å². The van der Waals surface area contributed by atoms with Crippen LogP contribution in [0.25, 0.3) is 0 Å². The molecule has 1 aliphatic heterocycles. The fourth-order valence-corrected chi connectivity index (χ4v) is 2.26. The van der Waals surface area contributed by atoms with E-state index in [1.807, 2.05) is 30.3 Å². The van der Waals surface area contributed by atoms with Gasteiger partial charge in [0.05, 0.1) is 6.04 Å². The summed E-state index contributed by atoms with van der Waals surface area (Å²) in [6, 6.07) is 18.8. The van der Waals surface area contributed by atoms with Gasteiger partial charge in [-0.25, -0.2) is 0 Å². The van der Waals surface area contributed by atoms with E-state index in [-0.39, 0.29) is 11.9 Å². The zero-order chi connectivity index (χ0) is 11.7. The van der Waals surface area contributed by atoms with Crippen LogP contribution in [-0.4, -0.2) is 5.91 Å². The average molecular weight is 222 g/mol. The number of rotatable bonds is 2. The Morgan fingerprint density at radius 2 is 2.00 bits per heavy atom. The molecule has 0 bridgehead atoms. The molecule has 1 radical (unpaired) electrons. The molecule has 1 heterocycles. The van der Waals surface area contributed by atoms with Crippen molar-refractivity contribution >= 4 is 5.91 Å². The van der Waals surface area contributed by atoms with Crippen LogP contribution in [0.2, 0.25) is 0 Å². The van der Waals surface area contributed by atoms with Crippen molar-refractivity contribution < 1.29 is 4.79 Å². The van der Waals surface area contributed by atoms with E-state index in [1.165, 1.54) is 5.56 Å². The Balaban J connectivity index is 1.90. The summed E-state index contributed by atoms with van der Waals surface area (Å²) in [5.74, 6) is 0.0231. The van der Waals surface area contributed by atoms with E-state index in [2.05, 4.69) is 23.5 Å². The Morgan fingerprint density at radius 3 is 2.82 bits per heavy atom. The minimum Gasteiger partial charge on any atom is -0.345 e. The van der Waals surface area contributed by atoms with Crippen molar-refractivity contribution in [1.29, 1.82) is 0 Å². The van der Waals surface area contributed by atoms with Crippen LogP contribution < -0.4 is 5.32 Å². The largest absolute Gasteiger partial charge is 0.345 e. The highest BCUT2D eigenvalue weighted by atomic mass is 16.2. The fourth-order valence-electron chi connectivity index (χ4n) is 2.26. The van der Waals surface area contributed by atoms with E-state index in [0.29, 0.717) is 0 Å². The highest BCUT2D eigenvalue weighted by Crippen LogP contribution is 2.27. The lowest BCUT2D eigenvalue weighted by Crippen LogP contribution is -2.20. The van der Waals surface area contributed by atoms with Gasteiger partial charge in [-0.05, 0) is 35.7 Å². The van der Waals surface area contributed by atoms with Crippen LogP contribution in [0, 0.1) is 6.07 Å². The van der Waals surface area contributed by atoms with Gasteiger partial charge >= 0.3 is 0 Å². The van der Waals surface area contributed by atoms with E-state index in [4.69, 9.17) is 0 Å². The van der Waals surface area contributed by atoms with E-state index >= 15 is 0 Å². The van der Waals surface area contributed by atoms with Gasteiger partial charge in [-0.1, -0.05) is 36.4 Å². The molecule has 83 valence electrons. The minimum absolute atomic E-state index is 0.0231. The lowest BCUT2D eigenvalue weighted by atomic mass is 9.99. The molecule has 2 heteroatoms. The fraction of sp³-hybridized carbons (Fsp3) is 0.133. The summed E-state index contributed by atoms with van der Waals surface area (Å²) < 4.78 is 0. The molecule has 0 saturated carbocycles. The first-order valence-corrected chi connectivity index (χ1v) is 5.69. The smallest absolute Gasteiger partial charge is 0.252 e. The molecule has 0 saturated heterocycles. The molecular formula is C15H12NO. The maximum Gasteiger partial charge on any atom is 0.252 e. The van der Waals surface area contributed by atoms with Gasteiger partial charge in [-0.2, -0.15) is 0 Å². The van der Waals surface area contributed by atoms with Gasteiger partial charge in [-0.3, -0.25) is 4.79 Å². The van der Waals surface area contributed by atoms with Crippen LogP contribution in [0.4, 0.5) is 0 Å². The monoisotopic (exact) mass is 222 g/mol. The minimum atomic E-state index is 0.0231. The van der Waals surface area contributed by atoms with Crippen molar-refractivity contribution in [3.8, 4) is 0 Å². The van der Waals surface area contributed by atoms with Gasteiger partial charge < -0.3 is 5.32 Å². The van der Waals surface area contributed by atoms with Crippen LogP contribution >= 0.6 is 0 Å². The highest BCUT2D eigenvalue weighted by molar-refractivity contribution is 5.99. The topological polar surface area (TPSA) is 29.1 Å². The van der Waals surface area contributed by atoms with E-state index in [1.54, 1.807) is 6.07 Å². The summed E-state index contributed by atoms with van der Waals surface area (Å²) >= 11 is 0. The molecule has 2 aromatic carbocycles. The van der Waals surface area contributed by atoms with Gasteiger partial charge in [0.2, 0.25) is 0 Å². The lowest BCUT2D eigenvalue weighted by Gasteiger charge is -2.11. The molecule has 1 atom stereocenters. The molecule has 0 aromatic heterocycles. The molecule has 0 aliphatic carbocycles. The van der Waals surface area contributed by atoms with Gasteiger partial charge in [0.1, 0.15) is 0 Å². The molecule has 3 rings (SSSR count). The van der Waals surface area contributed by atoms with Crippen LogP contribution in [-0.2, 0) is 6.42 Å². The summed E-state index contributed by atoms with van der Waals surface area (Å²) in [4.78, 5) is 11.7. The van der Waals surface area contributed by atoms with Gasteiger partial charge in [0.25, 0.3) is 5.91 Å². The van der Waals surface area contributed by atoms with E-state index in [0.717, 1.165) is 17.5 Å². The predicted octanol–water partition coefficient (Wildman–Crippen LogP) is 2.51. The standard InChI is InChI=1S/C15H12NO/c17-15-13-9-5-4-8-12(13)14(16-15)10-11-6-2-1-3-7-11/h1-3,5-9,14H,10H2,(H,16,17). The SMILES string of the molecule is O=C1NC(Cc2ccccc2)c2c[c]ccc21. The van der Waals surface area contributed by atoms with Crippen molar-refractivity contribution in [2.45, 2.75) is 12.5 Å². The zero-order valence-corrected chi connectivity index (χ0v) is 9.31. The maximum atomic E-state index is 11.7. The quantitative estimate of drug-likeness (QED) is 0.831. The number of benzene rings is 2. The Bertz CT molecular complexity index is 548. The molecule has 1 aliphatic rings. The number of carbonyl (C=O) groups excluding carboxylic acids is 1. The summed E-state index contributed by atoms with van der Waals surface area (Å²) in [5, 5.41) is 3.01. The molecule has 1 N–H and O–H groups in total. The second kappa shape index (κ2) is 4.06. The molecule has 1 amide bonds. The first-order chi connectivity index (χ1) is 8.34. The van der Waals surface area contributed by atoms with Crippen LogP contribution in [0.5, 0.6) is 0 Å². The lowest BCUT2D eigenvalue weighted by molar-refractivity contribution is 0.0956.